The average molecular weight is 248 g/mol. The first kappa shape index (κ1) is 15.2. The van der Waals surface area contributed by atoms with Crippen LogP contribution in [0, 0.1) is 0 Å². The van der Waals surface area contributed by atoms with Crippen LogP contribution in [0.3, 0.4) is 0 Å². The molecule has 0 amide bonds. The van der Waals surface area contributed by atoms with Gasteiger partial charge in [0.05, 0.1) is 0 Å². The van der Waals surface area contributed by atoms with Gasteiger partial charge in [0.15, 0.2) is 0 Å². The smallest absolute Gasteiger partial charge is 0.0292 e. The molecule has 0 aromatic carbocycles. The van der Waals surface area contributed by atoms with Crippen LogP contribution < -0.4 is 5.32 Å². The Labute approximate surface area is 112 Å². The van der Waals surface area contributed by atoms with Crippen molar-refractivity contribution in [1.82, 2.24) is 10.3 Å². The maximum atomic E-state index is 4.05. The Morgan fingerprint density at radius 2 is 1.61 bits per heavy atom. The lowest BCUT2D eigenvalue weighted by Crippen LogP contribution is -2.19. The molecule has 0 saturated heterocycles. The molecule has 0 bridgehead atoms. The summed E-state index contributed by atoms with van der Waals surface area (Å²) in [5.41, 5.74) is 1.33. The van der Waals surface area contributed by atoms with Crippen molar-refractivity contribution in [1.29, 1.82) is 0 Å². The molecular formula is C16H28N2. The quantitative estimate of drug-likeness (QED) is 0.617. The fraction of sp³-hybridized carbons (Fsp3) is 0.688. The molecule has 1 aromatic rings. The van der Waals surface area contributed by atoms with Crippen LogP contribution in [0.5, 0.6) is 0 Å². The van der Waals surface area contributed by atoms with Crippen LogP contribution in [-0.2, 0) is 0 Å². The summed E-state index contributed by atoms with van der Waals surface area (Å²) in [7, 11) is 0. The molecule has 0 aliphatic heterocycles. The topological polar surface area (TPSA) is 24.9 Å². The largest absolute Gasteiger partial charge is 0.310 e. The van der Waals surface area contributed by atoms with Gasteiger partial charge in [-0.1, -0.05) is 45.4 Å². The Hall–Kier alpha value is -0.890. The molecule has 2 nitrogen and oxygen atoms in total. The summed E-state index contributed by atoms with van der Waals surface area (Å²) in [6.07, 6.45) is 13.3. The predicted molar refractivity (Wildman–Crippen MR) is 78.6 cm³/mol. The maximum absolute atomic E-state index is 4.05. The van der Waals surface area contributed by atoms with Crippen molar-refractivity contribution in [2.24, 2.45) is 0 Å². The maximum Gasteiger partial charge on any atom is 0.0292 e. The normalized spacial score (nSPS) is 12.6. The molecule has 2 heteroatoms. The monoisotopic (exact) mass is 248 g/mol. The standard InChI is InChI=1S/C16H28N2/c1-3-4-5-6-7-8-9-12-18-15(2)16-10-13-17-14-11-16/h10-11,13-15,18H,3-9,12H2,1-2H3/t15-/m0/s1. The van der Waals surface area contributed by atoms with Gasteiger partial charge in [0.2, 0.25) is 0 Å². The summed E-state index contributed by atoms with van der Waals surface area (Å²) in [6.45, 7) is 5.61. The second-order valence-corrected chi connectivity index (χ2v) is 5.08. The molecular weight excluding hydrogens is 220 g/mol. The van der Waals surface area contributed by atoms with Crippen LogP contribution >= 0.6 is 0 Å². The van der Waals surface area contributed by atoms with Crippen LogP contribution in [0.2, 0.25) is 0 Å². The number of pyridine rings is 1. The van der Waals surface area contributed by atoms with E-state index >= 15 is 0 Å². The van der Waals surface area contributed by atoms with E-state index in [9.17, 15) is 0 Å². The Morgan fingerprint density at radius 1 is 1.00 bits per heavy atom. The fourth-order valence-electron chi connectivity index (χ4n) is 2.17. The van der Waals surface area contributed by atoms with Crippen LogP contribution in [0.15, 0.2) is 24.5 Å². The van der Waals surface area contributed by atoms with Gasteiger partial charge < -0.3 is 5.32 Å². The number of nitrogens with one attached hydrogen (secondary N) is 1. The van der Waals surface area contributed by atoms with E-state index in [1.54, 1.807) is 0 Å². The number of rotatable bonds is 10. The lowest BCUT2D eigenvalue weighted by molar-refractivity contribution is 0.524. The summed E-state index contributed by atoms with van der Waals surface area (Å²) in [6, 6.07) is 4.61. The Morgan fingerprint density at radius 3 is 2.28 bits per heavy atom. The van der Waals surface area contributed by atoms with E-state index in [2.05, 4.69) is 36.3 Å². The third-order valence-corrected chi connectivity index (χ3v) is 3.44. The second kappa shape index (κ2) is 10.1. The van der Waals surface area contributed by atoms with Crippen molar-refractivity contribution in [3.8, 4) is 0 Å². The van der Waals surface area contributed by atoms with E-state index in [1.807, 2.05) is 12.4 Å². The van der Waals surface area contributed by atoms with Gasteiger partial charge in [-0.3, -0.25) is 4.98 Å². The van der Waals surface area contributed by atoms with Crippen molar-refractivity contribution < 1.29 is 0 Å². The molecule has 0 saturated carbocycles. The molecule has 1 rings (SSSR count). The highest BCUT2D eigenvalue weighted by molar-refractivity contribution is 5.13. The van der Waals surface area contributed by atoms with Crippen molar-refractivity contribution in [3.63, 3.8) is 0 Å². The van der Waals surface area contributed by atoms with Crippen molar-refractivity contribution in [2.45, 2.75) is 64.8 Å². The third kappa shape index (κ3) is 6.75. The van der Waals surface area contributed by atoms with Gasteiger partial charge >= 0.3 is 0 Å². The van der Waals surface area contributed by atoms with Crippen LogP contribution in [0.1, 0.15) is 70.4 Å². The molecule has 0 spiro atoms. The Balaban J connectivity index is 1.98. The number of nitrogens with zero attached hydrogens (tertiary/aromatic N) is 1. The molecule has 0 aliphatic carbocycles. The van der Waals surface area contributed by atoms with E-state index in [-0.39, 0.29) is 0 Å². The lowest BCUT2D eigenvalue weighted by Gasteiger charge is -2.13. The molecule has 0 radical (unpaired) electrons. The second-order valence-electron chi connectivity index (χ2n) is 5.08. The van der Waals surface area contributed by atoms with E-state index in [0.717, 1.165) is 6.54 Å². The highest BCUT2D eigenvalue weighted by Gasteiger charge is 2.02. The molecule has 0 aliphatic rings. The summed E-state index contributed by atoms with van der Waals surface area (Å²) in [5.74, 6) is 0. The SMILES string of the molecule is CCCCCCCCCN[C@@H](C)c1ccncc1. The third-order valence-electron chi connectivity index (χ3n) is 3.44. The first-order chi connectivity index (χ1) is 8.84. The molecule has 0 fully saturated rings. The van der Waals surface area contributed by atoms with Crippen LogP contribution in [0.4, 0.5) is 0 Å². The molecule has 1 heterocycles. The predicted octanol–water partition coefficient (Wildman–Crippen LogP) is 4.48. The van der Waals surface area contributed by atoms with E-state index in [0.29, 0.717) is 6.04 Å². The highest BCUT2D eigenvalue weighted by Crippen LogP contribution is 2.11. The molecule has 102 valence electrons. The molecule has 0 unspecified atom stereocenters. The minimum Gasteiger partial charge on any atom is -0.310 e. The molecule has 1 atom stereocenters. The highest BCUT2D eigenvalue weighted by atomic mass is 14.9. The first-order valence-corrected chi connectivity index (χ1v) is 7.48. The minimum absolute atomic E-state index is 0.438. The zero-order valence-corrected chi connectivity index (χ0v) is 12.0. The molecule has 18 heavy (non-hydrogen) atoms. The molecule has 1 aromatic heterocycles. The van der Waals surface area contributed by atoms with Gasteiger partial charge in [-0.2, -0.15) is 0 Å². The zero-order valence-electron chi connectivity index (χ0n) is 12.0. The van der Waals surface area contributed by atoms with Crippen molar-refractivity contribution in [2.75, 3.05) is 6.54 Å². The van der Waals surface area contributed by atoms with E-state index in [4.69, 9.17) is 0 Å². The van der Waals surface area contributed by atoms with Crippen molar-refractivity contribution >= 4 is 0 Å². The minimum atomic E-state index is 0.438. The number of aromatic nitrogens is 1. The lowest BCUT2D eigenvalue weighted by atomic mass is 10.1. The summed E-state index contributed by atoms with van der Waals surface area (Å²) < 4.78 is 0. The Bertz CT molecular complexity index is 284. The summed E-state index contributed by atoms with van der Waals surface area (Å²) in [4.78, 5) is 4.05. The number of unbranched alkanes of at least 4 members (excludes halogenated alkanes) is 6. The van der Waals surface area contributed by atoms with Crippen molar-refractivity contribution in [3.05, 3.63) is 30.1 Å². The first-order valence-electron chi connectivity index (χ1n) is 7.48. The number of hydrogen-bond acceptors (Lipinski definition) is 2. The fourth-order valence-corrected chi connectivity index (χ4v) is 2.17. The van der Waals surface area contributed by atoms with Crippen LogP contribution in [0.25, 0.3) is 0 Å². The van der Waals surface area contributed by atoms with E-state index < -0.39 is 0 Å². The van der Waals surface area contributed by atoms with Gasteiger partial charge in [0.25, 0.3) is 0 Å². The van der Waals surface area contributed by atoms with Gasteiger partial charge in [0, 0.05) is 18.4 Å². The number of hydrogen-bond donors (Lipinski definition) is 1. The van der Waals surface area contributed by atoms with Gasteiger partial charge in [-0.15, -0.1) is 0 Å². The van der Waals surface area contributed by atoms with Gasteiger partial charge in [0.1, 0.15) is 0 Å². The van der Waals surface area contributed by atoms with Crippen LogP contribution in [-0.4, -0.2) is 11.5 Å². The Kier molecular flexibility index (Phi) is 8.49. The summed E-state index contributed by atoms with van der Waals surface area (Å²) in [5, 5.41) is 3.57. The van der Waals surface area contributed by atoms with Gasteiger partial charge in [-0.25, -0.2) is 0 Å². The molecule has 1 N–H and O–H groups in total. The van der Waals surface area contributed by atoms with Gasteiger partial charge in [-0.05, 0) is 37.6 Å². The van der Waals surface area contributed by atoms with E-state index in [1.165, 1.54) is 50.5 Å². The summed E-state index contributed by atoms with van der Waals surface area (Å²) >= 11 is 0. The zero-order chi connectivity index (χ0) is 13.1. The average Bonchev–Trinajstić information content (AvgIpc) is 2.42.